The van der Waals surface area contributed by atoms with Gasteiger partial charge in [0.15, 0.2) is 0 Å². The second-order valence-electron chi connectivity index (χ2n) is 5.77. The minimum Gasteiger partial charge on any atom is -0.466 e. The molecule has 0 aliphatic heterocycles. The van der Waals surface area contributed by atoms with E-state index in [1.165, 1.54) is 11.3 Å². The maximum Gasteiger partial charge on any atom is 0.311 e. The van der Waals surface area contributed by atoms with E-state index < -0.39 is 0 Å². The number of nitrogens with zero attached hydrogens (tertiary/aromatic N) is 2. The molecule has 0 aliphatic carbocycles. The fourth-order valence-electron chi connectivity index (χ4n) is 2.02. The first-order chi connectivity index (χ1) is 12.6. The number of carbonyl (C=O) groups is 1. The van der Waals surface area contributed by atoms with Crippen molar-refractivity contribution in [1.29, 1.82) is 0 Å². The van der Waals surface area contributed by atoms with Gasteiger partial charge in [-0.2, -0.15) is 5.10 Å². The number of thiazole rings is 1. The van der Waals surface area contributed by atoms with Crippen LogP contribution in [0, 0.1) is 0 Å². The molecule has 2 aromatic rings. The molecular weight excluding hydrogens is 350 g/mol. The highest BCUT2D eigenvalue weighted by Gasteiger charge is 2.07. The normalized spacial score (nSPS) is 12.3. The van der Waals surface area contributed by atoms with Crippen molar-refractivity contribution < 1.29 is 14.3 Å². The number of rotatable bonds is 10. The monoisotopic (exact) mass is 375 g/mol. The lowest BCUT2D eigenvalue weighted by Gasteiger charge is -2.10. The van der Waals surface area contributed by atoms with Crippen LogP contribution < -0.4 is 5.43 Å². The van der Waals surface area contributed by atoms with Crippen molar-refractivity contribution in [1.82, 2.24) is 4.98 Å². The molecule has 26 heavy (non-hydrogen) atoms. The first-order valence-electron chi connectivity index (χ1n) is 8.70. The van der Waals surface area contributed by atoms with Crippen LogP contribution >= 0.6 is 11.3 Å². The summed E-state index contributed by atoms with van der Waals surface area (Å²) in [4.78, 5) is 15.7. The highest BCUT2D eigenvalue weighted by Crippen LogP contribution is 2.16. The van der Waals surface area contributed by atoms with Crippen LogP contribution in [0.15, 0.2) is 34.7 Å². The summed E-state index contributed by atoms with van der Waals surface area (Å²) in [5.41, 5.74) is 5.68. The number of nitrogens with one attached hydrogen (secondary N) is 1. The standard InChI is InChI=1S/C19H25N3O3S/c1-4-14(3)25-12-16-8-6-15(7-9-16)11-20-22-19-21-17(13-26-19)10-18(23)24-5-2/h6-9,11,13-14H,4-5,10,12H2,1-3H3,(H,21,22). The van der Waals surface area contributed by atoms with Crippen molar-refractivity contribution in [3.8, 4) is 0 Å². The molecule has 0 radical (unpaired) electrons. The van der Waals surface area contributed by atoms with E-state index in [1.54, 1.807) is 13.1 Å². The van der Waals surface area contributed by atoms with Gasteiger partial charge in [0.05, 0.1) is 37.6 Å². The maximum absolute atomic E-state index is 11.4. The predicted molar refractivity (Wildman–Crippen MR) is 105 cm³/mol. The van der Waals surface area contributed by atoms with Crippen LogP contribution in [0.3, 0.4) is 0 Å². The molecule has 2 rings (SSSR count). The van der Waals surface area contributed by atoms with Gasteiger partial charge in [0.2, 0.25) is 5.13 Å². The molecule has 0 aliphatic rings. The van der Waals surface area contributed by atoms with Crippen molar-refractivity contribution in [2.24, 2.45) is 5.10 Å². The van der Waals surface area contributed by atoms with Gasteiger partial charge < -0.3 is 9.47 Å². The highest BCUT2D eigenvalue weighted by molar-refractivity contribution is 7.13. The molecule has 1 heterocycles. The highest BCUT2D eigenvalue weighted by atomic mass is 32.1. The molecule has 0 bridgehead atoms. The fraction of sp³-hybridized carbons (Fsp3) is 0.421. The summed E-state index contributed by atoms with van der Waals surface area (Å²) >= 11 is 1.40. The Hall–Kier alpha value is -2.25. The Balaban J connectivity index is 1.81. The van der Waals surface area contributed by atoms with E-state index in [4.69, 9.17) is 9.47 Å². The van der Waals surface area contributed by atoms with Crippen molar-refractivity contribution in [2.45, 2.75) is 46.3 Å². The Morgan fingerprint density at radius 3 is 2.81 bits per heavy atom. The smallest absolute Gasteiger partial charge is 0.311 e. The van der Waals surface area contributed by atoms with Crippen LogP contribution in [0.2, 0.25) is 0 Å². The summed E-state index contributed by atoms with van der Waals surface area (Å²) < 4.78 is 10.6. The number of hydrogen-bond donors (Lipinski definition) is 1. The quantitative estimate of drug-likeness (QED) is 0.386. The number of esters is 1. The summed E-state index contributed by atoms with van der Waals surface area (Å²) in [7, 11) is 0. The lowest BCUT2D eigenvalue weighted by molar-refractivity contribution is -0.142. The molecule has 1 N–H and O–H groups in total. The van der Waals surface area contributed by atoms with Gasteiger partial charge >= 0.3 is 5.97 Å². The van der Waals surface area contributed by atoms with Gasteiger partial charge in [-0.25, -0.2) is 4.98 Å². The average Bonchev–Trinajstić information content (AvgIpc) is 3.08. The third-order valence-electron chi connectivity index (χ3n) is 3.65. The molecule has 1 aromatic carbocycles. The SMILES string of the molecule is CCOC(=O)Cc1csc(NN=Cc2ccc(COC(C)CC)cc2)n1. The van der Waals surface area contributed by atoms with E-state index in [2.05, 4.69) is 29.4 Å². The zero-order valence-corrected chi connectivity index (χ0v) is 16.2. The van der Waals surface area contributed by atoms with Crippen molar-refractivity contribution in [2.75, 3.05) is 12.0 Å². The van der Waals surface area contributed by atoms with E-state index in [1.807, 2.05) is 29.6 Å². The van der Waals surface area contributed by atoms with Crippen LogP contribution in [-0.4, -0.2) is 29.9 Å². The number of aromatic nitrogens is 1. The predicted octanol–water partition coefficient (Wildman–Crippen LogP) is 4.01. The third kappa shape index (κ3) is 6.93. The van der Waals surface area contributed by atoms with Gasteiger partial charge in [-0.15, -0.1) is 11.3 Å². The molecule has 0 saturated carbocycles. The Labute approximate surface area is 158 Å². The van der Waals surface area contributed by atoms with Gasteiger partial charge in [0.25, 0.3) is 0 Å². The van der Waals surface area contributed by atoms with E-state index in [9.17, 15) is 4.79 Å². The largest absolute Gasteiger partial charge is 0.466 e. The van der Waals surface area contributed by atoms with Gasteiger partial charge in [-0.1, -0.05) is 31.2 Å². The second kappa shape index (κ2) is 10.7. The Kier molecular flexibility index (Phi) is 8.24. The van der Waals surface area contributed by atoms with Crippen LogP contribution in [0.1, 0.15) is 44.0 Å². The minimum atomic E-state index is -0.273. The topological polar surface area (TPSA) is 72.8 Å². The lowest BCUT2D eigenvalue weighted by atomic mass is 10.1. The number of ether oxygens (including phenoxy) is 2. The van der Waals surface area contributed by atoms with E-state index in [0.29, 0.717) is 24.0 Å². The van der Waals surface area contributed by atoms with Crippen LogP contribution in [0.25, 0.3) is 0 Å². The first kappa shape index (κ1) is 20.1. The molecule has 0 amide bonds. The summed E-state index contributed by atoms with van der Waals surface area (Å²) in [5.74, 6) is -0.273. The van der Waals surface area contributed by atoms with E-state index >= 15 is 0 Å². The van der Waals surface area contributed by atoms with Crippen LogP contribution in [-0.2, 0) is 27.3 Å². The zero-order valence-electron chi connectivity index (χ0n) is 15.4. The second-order valence-corrected chi connectivity index (χ2v) is 6.63. The molecule has 1 unspecified atom stereocenters. The molecule has 7 heteroatoms. The number of benzene rings is 1. The van der Waals surface area contributed by atoms with Crippen LogP contribution in [0.4, 0.5) is 5.13 Å². The summed E-state index contributed by atoms with van der Waals surface area (Å²) in [6.07, 6.45) is 3.18. The number of anilines is 1. The van der Waals surface area contributed by atoms with E-state index in [0.717, 1.165) is 17.5 Å². The van der Waals surface area contributed by atoms with Crippen molar-refractivity contribution in [3.05, 3.63) is 46.5 Å². The minimum absolute atomic E-state index is 0.177. The number of hydrogen-bond acceptors (Lipinski definition) is 7. The fourth-order valence-corrected chi connectivity index (χ4v) is 2.68. The number of hydrazone groups is 1. The number of carbonyl (C=O) groups excluding carboxylic acids is 1. The van der Waals surface area contributed by atoms with Gasteiger partial charge in [0.1, 0.15) is 0 Å². The van der Waals surface area contributed by atoms with Gasteiger partial charge in [0, 0.05) is 5.38 Å². The summed E-state index contributed by atoms with van der Waals surface area (Å²) in [5, 5.41) is 6.64. The lowest BCUT2D eigenvalue weighted by Crippen LogP contribution is -2.07. The van der Waals surface area contributed by atoms with Crippen molar-refractivity contribution >= 4 is 28.7 Å². The molecular formula is C19H25N3O3S. The summed E-state index contributed by atoms with van der Waals surface area (Å²) in [6.45, 7) is 6.96. The van der Waals surface area contributed by atoms with Crippen LogP contribution in [0.5, 0.6) is 0 Å². The molecule has 1 atom stereocenters. The molecule has 0 fully saturated rings. The molecule has 140 valence electrons. The third-order valence-corrected chi connectivity index (χ3v) is 4.44. The summed E-state index contributed by atoms with van der Waals surface area (Å²) in [6, 6.07) is 8.05. The van der Waals surface area contributed by atoms with Crippen molar-refractivity contribution in [3.63, 3.8) is 0 Å². The van der Waals surface area contributed by atoms with E-state index in [-0.39, 0.29) is 18.5 Å². The first-order valence-corrected chi connectivity index (χ1v) is 9.58. The average molecular weight is 375 g/mol. The van der Waals surface area contributed by atoms with Gasteiger partial charge in [-0.3, -0.25) is 10.2 Å². The Morgan fingerprint density at radius 1 is 1.35 bits per heavy atom. The maximum atomic E-state index is 11.4. The zero-order chi connectivity index (χ0) is 18.8. The Morgan fingerprint density at radius 2 is 2.12 bits per heavy atom. The molecule has 1 aromatic heterocycles. The molecule has 6 nitrogen and oxygen atoms in total. The van der Waals surface area contributed by atoms with Gasteiger partial charge in [-0.05, 0) is 31.4 Å². The molecule has 0 saturated heterocycles. The Bertz CT molecular complexity index is 713. The molecule has 0 spiro atoms.